The number of aliphatic hydroxyl groups excluding tert-OH is 1. The van der Waals surface area contributed by atoms with E-state index in [1.54, 1.807) is 12.1 Å². The van der Waals surface area contributed by atoms with Crippen LogP contribution in [0.2, 0.25) is 5.02 Å². The quantitative estimate of drug-likeness (QED) is 0.467. The van der Waals surface area contributed by atoms with E-state index in [2.05, 4.69) is 22.8 Å². The van der Waals surface area contributed by atoms with E-state index in [1.165, 1.54) is 6.07 Å². The maximum atomic E-state index is 11.5. The third-order valence-electron chi connectivity index (χ3n) is 5.09. The van der Waals surface area contributed by atoms with Crippen molar-refractivity contribution in [3.63, 3.8) is 0 Å². The number of aliphatic hydroxyl groups is 1. The Morgan fingerprint density at radius 2 is 1.72 bits per heavy atom. The predicted octanol–water partition coefficient (Wildman–Crippen LogP) is 5.12. The monoisotopic (exact) mass is 405 g/mol. The van der Waals surface area contributed by atoms with Crippen molar-refractivity contribution >= 4 is 28.5 Å². The van der Waals surface area contributed by atoms with Gasteiger partial charge in [-0.2, -0.15) is 0 Å². The molecule has 0 aliphatic carbocycles. The number of hydrogen-bond donors (Lipinski definition) is 2. The fraction of sp³-hybridized carbons (Fsp3) is 0.125. The van der Waals surface area contributed by atoms with Crippen molar-refractivity contribution < 1.29 is 15.0 Å². The summed E-state index contributed by atoms with van der Waals surface area (Å²) < 4.78 is 2.11. The Morgan fingerprint density at radius 1 is 0.931 bits per heavy atom. The lowest BCUT2D eigenvalue weighted by Crippen LogP contribution is -2.04. The van der Waals surface area contributed by atoms with E-state index in [0.717, 1.165) is 27.7 Å². The zero-order valence-electron chi connectivity index (χ0n) is 15.7. The van der Waals surface area contributed by atoms with E-state index in [9.17, 15) is 15.0 Å². The number of aromatic nitrogens is 1. The van der Waals surface area contributed by atoms with Gasteiger partial charge in [-0.3, -0.25) is 0 Å². The predicted molar refractivity (Wildman–Crippen MR) is 115 cm³/mol. The molecule has 0 atom stereocenters. The number of fused-ring (bicyclic) bond motifs is 1. The summed E-state index contributed by atoms with van der Waals surface area (Å²) in [5, 5.41) is 20.7. The molecule has 0 radical (unpaired) electrons. The average molecular weight is 406 g/mol. The molecule has 0 aliphatic rings. The molecule has 0 fully saturated rings. The zero-order valence-corrected chi connectivity index (χ0v) is 16.4. The second-order valence-electron chi connectivity index (χ2n) is 7.04. The largest absolute Gasteiger partial charge is 0.478 e. The number of hydrogen-bond acceptors (Lipinski definition) is 2. The summed E-state index contributed by atoms with van der Waals surface area (Å²) in [7, 11) is 0. The molecule has 1 aromatic heterocycles. The van der Waals surface area contributed by atoms with Crippen LogP contribution in [0.5, 0.6) is 0 Å². The van der Waals surface area contributed by atoms with Crippen molar-refractivity contribution in [3.05, 3.63) is 106 Å². The average Bonchev–Trinajstić information content (AvgIpc) is 3.06. The normalized spacial score (nSPS) is 11.1. The fourth-order valence-electron chi connectivity index (χ4n) is 3.69. The van der Waals surface area contributed by atoms with Gasteiger partial charge in [-0.05, 0) is 53.4 Å². The smallest absolute Gasteiger partial charge is 0.336 e. The Bertz CT molecular complexity index is 1180. The SMILES string of the molecule is O=C(O)c1cc(Cl)ccc1Cc1ccc2c(c1)cc(CO)n2Cc1ccccc1. The van der Waals surface area contributed by atoms with Crippen LogP contribution in [0.3, 0.4) is 0 Å². The number of benzene rings is 3. The van der Waals surface area contributed by atoms with Gasteiger partial charge in [-0.25, -0.2) is 4.79 Å². The Morgan fingerprint density at radius 3 is 2.45 bits per heavy atom. The summed E-state index contributed by atoms with van der Waals surface area (Å²) in [6.45, 7) is 0.636. The minimum Gasteiger partial charge on any atom is -0.478 e. The molecular formula is C24H20ClNO3. The molecule has 0 bridgehead atoms. The molecule has 0 saturated heterocycles. The van der Waals surface area contributed by atoms with Crippen molar-refractivity contribution in [2.24, 2.45) is 0 Å². The van der Waals surface area contributed by atoms with E-state index < -0.39 is 5.97 Å². The summed E-state index contributed by atoms with van der Waals surface area (Å²) in [6, 6.07) is 23.2. The highest BCUT2D eigenvalue weighted by Gasteiger charge is 2.13. The lowest BCUT2D eigenvalue weighted by Gasteiger charge is -2.10. The fourth-order valence-corrected chi connectivity index (χ4v) is 3.87. The molecule has 0 saturated carbocycles. The maximum Gasteiger partial charge on any atom is 0.336 e. The Labute approximate surface area is 173 Å². The van der Waals surface area contributed by atoms with Gasteiger partial charge < -0.3 is 14.8 Å². The summed E-state index contributed by atoms with van der Waals surface area (Å²) in [5.41, 5.74) is 4.98. The lowest BCUT2D eigenvalue weighted by atomic mass is 9.99. The number of carboxylic acids is 1. The molecule has 0 unspecified atom stereocenters. The van der Waals surface area contributed by atoms with Crippen molar-refractivity contribution in [2.75, 3.05) is 0 Å². The number of carboxylic acid groups (broad SMARTS) is 1. The number of carbonyl (C=O) groups is 1. The molecule has 4 rings (SSSR count). The van der Waals surface area contributed by atoms with E-state index in [0.29, 0.717) is 23.6 Å². The summed E-state index contributed by atoms with van der Waals surface area (Å²) >= 11 is 5.95. The number of rotatable bonds is 6. The third-order valence-corrected chi connectivity index (χ3v) is 5.33. The Balaban J connectivity index is 1.70. The molecular weight excluding hydrogens is 386 g/mol. The van der Waals surface area contributed by atoms with Gasteiger partial charge in [0.2, 0.25) is 0 Å². The van der Waals surface area contributed by atoms with Crippen LogP contribution >= 0.6 is 11.6 Å². The molecule has 2 N–H and O–H groups in total. The van der Waals surface area contributed by atoms with E-state index in [1.807, 2.05) is 36.4 Å². The van der Waals surface area contributed by atoms with Crippen LogP contribution in [-0.2, 0) is 19.6 Å². The molecule has 4 nitrogen and oxygen atoms in total. The van der Waals surface area contributed by atoms with Crippen molar-refractivity contribution in [1.29, 1.82) is 0 Å². The van der Waals surface area contributed by atoms with Crippen molar-refractivity contribution in [2.45, 2.75) is 19.6 Å². The second-order valence-corrected chi connectivity index (χ2v) is 7.48. The summed E-state index contributed by atoms with van der Waals surface area (Å²) in [4.78, 5) is 11.5. The minimum absolute atomic E-state index is 0.0445. The molecule has 3 aromatic carbocycles. The molecule has 5 heteroatoms. The maximum absolute atomic E-state index is 11.5. The van der Waals surface area contributed by atoms with E-state index >= 15 is 0 Å². The zero-order chi connectivity index (χ0) is 20.4. The first kappa shape index (κ1) is 19.2. The van der Waals surface area contributed by atoms with Gasteiger partial charge in [0.15, 0.2) is 0 Å². The number of aromatic carboxylic acids is 1. The van der Waals surface area contributed by atoms with Gasteiger partial charge in [0, 0.05) is 28.2 Å². The first-order chi connectivity index (χ1) is 14.0. The van der Waals surface area contributed by atoms with E-state index in [-0.39, 0.29) is 12.2 Å². The first-order valence-corrected chi connectivity index (χ1v) is 9.70. The highest BCUT2D eigenvalue weighted by molar-refractivity contribution is 6.31. The second kappa shape index (κ2) is 8.11. The molecule has 1 heterocycles. The highest BCUT2D eigenvalue weighted by Crippen LogP contribution is 2.25. The molecule has 0 aliphatic heterocycles. The van der Waals surface area contributed by atoms with Crippen LogP contribution in [0, 0.1) is 0 Å². The molecule has 4 aromatic rings. The van der Waals surface area contributed by atoms with Crippen LogP contribution in [0.4, 0.5) is 0 Å². The van der Waals surface area contributed by atoms with Gasteiger partial charge in [0.05, 0.1) is 12.2 Å². The van der Waals surface area contributed by atoms with E-state index in [4.69, 9.17) is 11.6 Å². The van der Waals surface area contributed by atoms with Gasteiger partial charge >= 0.3 is 5.97 Å². The molecule has 29 heavy (non-hydrogen) atoms. The lowest BCUT2D eigenvalue weighted by molar-refractivity contribution is 0.0696. The minimum atomic E-state index is -0.986. The topological polar surface area (TPSA) is 62.5 Å². The summed E-state index contributed by atoms with van der Waals surface area (Å²) in [5.74, 6) is -0.986. The van der Waals surface area contributed by atoms with Crippen LogP contribution in [0.25, 0.3) is 10.9 Å². The van der Waals surface area contributed by atoms with Crippen LogP contribution < -0.4 is 0 Å². The van der Waals surface area contributed by atoms with Gasteiger partial charge in [0.1, 0.15) is 0 Å². The third kappa shape index (κ3) is 4.04. The van der Waals surface area contributed by atoms with Gasteiger partial charge in [-0.15, -0.1) is 0 Å². The highest BCUT2D eigenvalue weighted by atomic mass is 35.5. The van der Waals surface area contributed by atoms with Crippen LogP contribution in [-0.4, -0.2) is 20.7 Å². The molecule has 0 spiro atoms. The van der Waals surface area contributed by atoms with Crippen LogP contribution in [0.1, 0.15) is 32.7 Å². The number of nitrogens with zero attached hydrogens (tertiary/aromatic N) is 1. The van der Waals surface area contributed by atoms with Crippen molar-refractivity contribution in [3.8, 4) is 0 Å². The Hall–Kier alpha value is -3.08. The van der Waals surface area contributed by atoms with Gasteiger partial charge in [-0.1, -0.05) is 54.1 Å². The first-order valence-electron chi connectivity index (χ1n) is 9.32. The molecule has 0 amide bonds. The van der Waals surface area contributed by atoms with Crippen molar-refractivity contribution in [1.82, 2.24) is 4.57 Å². The number of halogens is 1. The van der Waals surface area contributed by atoms with Gasteiger partial charge in [0.25, 0.3) is 0 Å². The molecule has 146 valence electrons. The Kier molecular flexibility index (Phi) is 5.38. The summed E-state index contributed by atoms with van der Waals surface area (Å²) in [6.07, 6.45) is 0.493. The van der Waals surface area contributed by atoms with Crippen LogP contribution in [0.15, 0.2) is 72.8 Å². The standard InChI is InChI=1S/C24H20ClNO3/c25-20-8-7-18(22(13-20)24(28)29)10-17-6-9-23-19(11-17)12-21(15-27)26(23)14-16-4-2-1-3-5-16/h1-9,11-13,27H,10,14-15H2,(H,28,29).